The summed E-state index contributed by atoms with van der Waals surface area (Å²) in [6.45, 7) is 5.15. The molecule has 1 aliphatic heterocycles. The summed E-state index contributed by atoms with van der Waals surface area (Å²) in [4.78, 5) is 14.3. The molecular formula is C20H20N2O5S. The summed E-state index contributed by atoms with van der Waals surface area (Å²) in [5.41, 5.74) is 3.49. The van der Waals surface area contributed by atoms with E-state index in [9.17, 15) is 13.2 Å². The molecule has 146 valence electrons. The van der Waals surface area contributed by atoms with Crippen molar-refractivity contribution >= 4 is 21.0 Å². The van der Waals surface area contributed by atoms with E-state index in [2.05, 4.69) is 0 Å². The van der Waals surface area contributed by atoms with Crippen LogP contribution in [0.3, 0.4) is 0 Å². The van der Waals surface area contributed by atoms with Crippen molar-refractivity contribution in [1.82, 2.24) is 4.90 Å². The molecule has 2 heterocycles. The van der Waals surface area contributed by atoms with Crippen molar-refractivity contribution < 1.29 is 17.6 Å². The number of sulfonamides is 1. The second-order valence-electron chi connectivity index (χ2n) is 7.01. The van der Waals surface area contributed by atoms with E-state index in [-0.39, 0.29) is 10.5 Å². The minimum Gasteiger partial charge on any atom is -0.478 e. The molecule has 3 aromatic rings. The van der Waals surface area contributed by atoms with E-state index < -0.39 is 10.0 Å². The van der Waals surface area contributed by atoms with Gasteiger partial charge < -0.3 is 9.15 Å². The van der Waals surface area contributed by atoms with Crippen LogP contribution in [0.1, 0.15) is 22.3 Å². The van der Waals surface area contributed by atoms with Gasteiger partial charge in [-0.2, -0.15) is 0 Å². The quantitative estimate of drug-likeness (QED) is 0.677. The van der Waals surface area contributed by atoms with E-state index in [1.54, 1.807) is 19.1 Å². The summed E-state index contributed by atoms with van der Waals surface area (Å²) in [5.74, 6) is 0.708. The molecule has 2 N–H and O–H groups in total. The lowest BCUT2D eigenvalue weighted by atomic mass is 10.0. The third-order valence-electron chi connectivity index (χ3n) is 5.13. The molecule has 2 aromatic carbocycles. The zero-order valence-electron chi connectivity index (χ0n) is 15.6. The first-order valence-corrected chi connectivity index (χ1v) is 10.3. The van der Waals surface area contributed by atoms with E-state index in [1.807, 2.05) is 24.0 Å². The molecule has 0 fully saturated rings. The van der Waals surface area contributed by atoms with Crippen LogP contribution in [0.2, 0.25) is 0 Å². The summed E-state index contributed by atoms with van der Waals surface area (Å²) < 4.78 is 34.2. The third-order valence-corrected chi connectivity index (χ3v) is 6.06. The molecule has 1 aromatic heterocycles. The van der Waals surface area contributed by atoms with Gasteiger partial charge in [0.15, 0.2) is 0 Å². The molecule has 1 aliphatic rings. The van der Waals surface area contributed by atoms with Gasteiger partial charge in [0.25, 0.3) is 0 Å². The Morgan fingerprint density at radius 3 is 2.46 bits per heavy atom. The van der Waals surface area contributed by atoms with Gasteiger partial charge in [0.2, 0.25) is 10.0 Å². The number of fused-ring (bicyclic) bond motifs is 3. The fraction of sp³-hybridized carbons (Fsp3) is 0.250. The summed E-state index contributed by atoms with van der Waals surface area (Å²) >= 11 is 0. The molecule has 7 nitrogen and oxygen atoms in total. The number of rotatable bonds is 3. The van der Waals surface area contributed by atoms with Gasteiger partial charge in [0.05, 0.1) is 10.5 Å². The van der Waals surface area contributed by atoms with Crippen molar-refractivity contribution in [2.24, 2.45) is 5.14 Å². The van der Waals surface area contributed by atoms with Gasteiger partial charge in [-0.1, -0.05) is 12.1 Å². The molecule has 0 radical (unpaired) electrons. The van der Waals surface area contributed by atoms with Gasteiger partial charge in [-0.3, -0.25) is 4.90 Å². The topological polar surface area (TPSA) is 103 Å². The average Bonchev–Trinajstić information content (AvgIpc) is 2.66. The highest BCUT2D eigenvalue weighted by Crippen LogP contribution is 2.33. The Hall–Kier alpha value is -2.68. The predicted molar refractivity (Wildman–Crippen MR) is 105 cm³/mol. The molecule has 0 saturated heterocycles. The minimum atomic E-state index is -3.71. The normalized spacial score (nSPS) is 14.7. The van der Waals surface area contributed by atoms with Crippen molar-refractivity contribution in [3.05, 3.63) is 69.1 Å². The Labute approximate surface area is 162 Å². The van der Waals surface area contributed by atoms with Gasteiger partial charge in [-0.25, -0.2) is 18.4 Å². The van der Waals surface area contributed by atoms with Crippen molar-refractivity contribution in [2.45, 2.75) is 31.8 Å². The minimum absolute atomic E-state index is 0.0788. The molecule has 0 spiro atoms. The molecule has 28 heavy (non-hydrogen) atoms. The van der Waals surface area contributed by atoms with Crippen LogP contribution in [0, 0.1) is 13.8 Å². The molecule has 8 heteroatoms. The van der Waals surface area contributed by atoms with E-state index in [4.69, 9.17) is 14.3 Å². The van der Waals surface area contributed by atoms with Crippen LogP contribution < -0.4 is 15.5 Å². The Kier molecular flexibility index (Phi) is 4.49. The molecule has 0 unspecified atom stereocenters. The van der Waals surface area contributed by atoms with Crippen LogP contribution in [0.15, 0.2) is 50.5 Å². The standard InChI is InChI=1S/C20H20N2O5S/c1-12-13(2)20(23)27-19-16(12)7-8-18-17(19)10-22(11-26-18)9-14-3-5-15(6-4-14)28(21,24)25/h3-8H,9-11H2,1-2H3,(H2,21,24,25). The number of aryl methyl sites for hydroxylation is 1. The third kappa shape index (κ3) is 3.30. The predicted octanol–water partition coefficient (Wildman–Crippen LogP) is 2.41. The first-order valence-electron chi connectivity index (χ1n) is 8.77. The zero-order valence-corrected chi connectivity index (χ0v) is 16.4. The number of hydrogen-bond acceptors (Lipinski definition) is 6. The summed E-state index contributed by atoms with van der Waals surface area (Å²) in [6.07, 6.45) is 0. The van der Waals surface area contributed by atoms with Crippen molar-refractivity contribution in [1.29, 1.82) is 0 Å². The lowest BCUT2D eigenvalue weighted by Crippen LogP contribution is -2.31. The van der Waals surface area contributed by atoms with Crippen LogP contribution in [0.25, 0.3) is 11.0 Å². The van der Waals surface area contributed by atoms with E-state index in [0.29, 0.717) is 36.7 Å². The zero-order chi connectivity index (χ0) is 20.1. The fourth-order valence-corrected chi connectivity index (χ4v) is 3.92. The van der Waals surface area contributed by atoms with E-state index in [0.717, 1.165) is 22.1 Å². The SMILES string of the molecule is Cc1c(C)c2ccc3c(c2oc1=O)CN(Cc1ccc(S(N)(=O)=O)cc1)CO3. The summed E-state index contributed by atoms with van der Waals surface area (Å²) in [7, 11) is -3.71. The lowest BCUT2D eigenvalue weighted by Gasteiger charge is -2.29. The first kappa shape index (κ1) is 18.7. The smallest absolute Gasteiger partial charge is 0.339 e. The van der Waals surface area contributed by atoms with Crippen LogP contribution >= 0.6 is 0 Å². The summed E-state index contributed by atoms with van der Waals surface area (Å²) in [5, 5.41) is 6.04. The van der Waals surface area contributed by atoms with Gasteiger partial charge in [0, 0.05) is 24.0 Å². The Morgan fingerprint density at radius 1 is 1.07 bits per heavy atom. The highest BCUT2D eigenvalue weighted by atomic mass is 32.2. The van der Waals surface area contributed by atoms with Crippen LogP contribution in [0.4, 0.5) is 0 Å². The number of ether oxygens (including phenoxy) is 1. The molecule has 0 saturated carbocycles. The second-order valence-corrected chi connectivity index (χ2v) is 8.57. The van der Waals surface area contributed by atoms with Gasteiger partial charge >= 0.3 is 5.63 Å². The molecule has 4 rings (SSSR count). The van der Waals surface area contributed by atoms with Crippen molar-refractivity contribution in [3.8, 4) is 5.75 Å². The summed E-state index contributed by atoms with van der Waals surface area (Å²) in [6, 6.07) is 10.3. The number of benzene rings is 2. The second kappa shape index (κ2) is 6.73. The molecule has 0 bridgehead atoms. The molecule has 0 amide bonds. The van der Waals surface area contributed by atoms with Crippen LogP contribution in [0.5, 0.6) is 5.75 Å². The molecule has 0 aliphatic carbocycles. The number of nitrogens with zero attached hydrogens (tertiary/aromatic N) is 1. The van der Waals surface area contributed by atoms with E-state index >= 15 is 0 Å². The maximum atomic E-state index is 12.1. The van der Waals surface area contributed by atoms with E-state index in [1.165, 1.54) is 12.1 Å². The average molecular weight is 400 g/mol. The maximum absolute atomic E-state index is 12.1. The van der Waals surface area contributed by atoms with Crippen molar-refractivity contribution in [3.63, 3.8) is 0 Å². The lowest BCUT2D eigenvalue weighted by molar-refractivity contribution is 0.0889. The first-order chi connectivity index (χ1) is 13.2. The van der Waals surface area contributed by atoms with Gasteiger partial charge in [-0.05, 0) is 49.2 Å². The largest absolute Gasteiger partial charge is 0.478 e. The molecular weight excluding hydrogens is 380 g/mol. The van der Waals surface area contributed by atoms with Crippen LogP contribution in [-0.2, 0) is 23.1 Å². The number of hydrogen-bond donors (Lipinski definition) is 1. The Morgan fingerprint density at radius 2 is 1.79 bits per heavy atom. The monoisotopic (exact) mass is 400 g/mol. The Bertz CT molecular complexity index is 1230. The highest BCUT2D eigenvalue weighted by molar-refractivity contribution is 7.89. The maximum Gasteiger partial charge on any atom is 0.339 e. The van der Waals surface area contributed by atoms with Crippen LogP contribution in [-0.4, -0.2) is 20.0 Å². The number of primary sulfonamides is 1. The van der Waals surface area contributed by atoms with Crippen molar-refractivity contribution in [2.75, 3.05) is 6.73 Å². The number of nitrogens with two attached hydrogens (primary N) is 1. The van der Waals surface area contributed by atoms with Gasteiger partial charge in [0.1, 0.15) is 18.1 Å². The molecule has 0 atom stereocenters. The Balaban J connectivity index is 1.65. The van der Waals surface area contributed by atoms with Gasteiger partial charge in [-0.15, -0.1) is 0 Å². The fourth-order valence-electron chi connectivity index (χ4n) is 3.41. The highest BCUT2D eigenvalue weighted by Gasteiger charge is 2.23.